The van der Waals surface area contributed by atoms with E-state index in [4.69, 9.17) is 5.53 Å². The largest absolute Gasteiger partial charge is 0.287 e. The third kappa shape index (κ3) is 7.70. The average Bonchev–Trinajstić information content (AvgIpc) is 3.28. The van der Waals surface area contributed by atoms with Crippen molar-refractivity contribution in [2.45, 2.75) is 6.54 Å². The molecule has 0 amide bonds. The fourth-order valence-corrected chi connectivity index (χ4v) is 6.70. The van der Waals surface area contributed by atoms with Crippen molar-refractivity contribution in [2.24, 2.45) is 5.11 Å². The van der Waals surface area contributed by atoms with Gasteiger partial charge in [0.15, 0.2) is 82.5 Å². The summed E-state index contributed by atoms with van der Waals surface area (Å²) in [5, 5.41) is 3.31. The van der Waals surface area contributed by atoms with Gasteiger partial charge in [-0.15, -0.1) is 21.9 Å². The number of rotatable bonds is 9. The number of azide groups is 1. The monoisotopic (exact) mass is 932 g/mol. The van der Waals surface area contributed by atoms with Gasteiger partial charge in [-0.2, -0.15) is 4.57 Å². The van der Waals surface area contributed by atoms with Crippen LogP contribution in [0, 0.1) is 116 Å². The molecule has 6 rings (SSSR count). The molecular weight excluding hydrogens is 919 g/mol. The molecule has 334 valence electrons. The van der Waals surface area contributed by atoms with Crippen LogP contribution < -0.4 is 26.4 Å². The maximum atomic E-state index is 15.4. The van der Waals surface area contributed by atoms with Crippen LogP contribution in [0.25, 0.3) is 10.4 Å². The lowest BCUT2D eigenvalue weighted by atomic mass is 9.12. The van der Waals surface area contributed by atoms with E-state index in [9.17, 15) is 57.5 Å². The highest BCUT2D eigenvalue weighted by molar-refractivity contribution is 7.20. The van der Waals surface area contributed by atoms with Crippen LogP contribution in [-0.2, 0) is 6.54 Å². The second-order valence-electron chi connectivity index (χ2n) is 12.8. The Morgan fingerprint density at radius 2 is 0.719 bits per heavy atom. The minimum Gasteiger partial charge on any atom is -0.287 e. The van der Waals surface area contributed by atoms with Gasteiger partial charge in [0, 0.05) is 22.6 Å². The van der Waals surface area contributed by atoms with Crippen LogP contribution in [0.1, 0.15) is 16.1 Å². The van der Waals surface area contributed by atoms with E-state index in [0.29, 0.717) is 12.2 Å². The van der Waals surface area contributed by atoms with E-state index < -0.39 is 144 Å². The minimum absolute atomic E-state index is 0.157. The number of hydrogen-bond acceptors (Lipinski definition) is 2. The first-order valence-electron chi connectivity index (χ1n) is 16.8. The van der Waals surface area contributed by atoms with Crippen LogP contribution in [0.4, 0.5) is 87.8 Å². The highest BCUT2D eigenvalue weighted by Crippen LogP contribution is 2.30. The van der Waals surface area contributed by atoms with Crippen LogP contribution in [-0.4, -0.2) is 18.5 Å². The van der Waals surface area contributed by atoms with Crippen molar-refractivity contribution >= 4 is 33.8 Å². The highest BCUT2D eigenvalue weighted by atomic mass is 19.2. The Labute approximate surface area is 342 Å². The van der Waals surface area contributed by atoms with E-state index in [1.54, 1.807) is 12.1 Å². The molecule has 0 saturated carbocycles. The third-order valence-corrected chi connectivity index (χ3v) is 9.41. The Morgan fingerprint density at radius 1 is 0.438 bits per heavy atom. The van der Waals surface area contributed by atoms with Gasteiger partial charge in [0.25, 0.3) is 0 Å². The lowest BCUT2D eigenvalue weighted by Crippen LogP contribution is -2.81. The number of carbonyl (C=O) groups excluding carboxylic acids is 1. The SMILES string of the molecule is Fc1c(F)c(F)c([B-](c2c(F)c(F)c(F)c(F)c2F)(c2c(F)c(F)c(F)c(F)c2F)c2c(F)c(F)c(F)c(F)c2F)c(F)c1F.[N-]=[N+]=NCC(=O)c1cccc[n+]1Cc1ccccc1. The first-order valence-corrected chi connectivity index (χ1v) is 16.8. The molecule has 26 heteroatoms. The van der Waals surface area contributed by atoms with Crippen LogP contribution in [0.3, 0.4) is 0 Å². The maximum absolute atomic E-state index is 15.4. The van der Waals surface area contributed by atoms with Crippen molar-refractivity contribution in [3.05, 3.63) is 193 Å². The number of nitrogens with zero attached hydrogens (tertiary/aromatic N) is 4. The van der Waals surface area contributed by atoms with Crippen molar-refractivity contribution in [3.63, 3.8) is 0 Å². The summed E-state index contributed by atoms with van der Waals surface area (Å²) in [5.74, 6) is -71.6. The van der Waals surface area contributed by atoms with Crippen LogP contribution in [0.2, 0.25) is 0 Å². The molecule has 0 N–H and O–H groups in total. The first kappa shape index (κ1) is 47.9. The number of pyridine rings is 1. The number of hydrogen-bond donors (Lipinski definition) is 0. The molecule has 1 aromatic heterocycles. The number of Topliss-reactive ketones (excluding diaryl/α,β-unsaturated/α-hetero) is 1. The predicted molar refractivity (Wildman–Crippen MR) is 180 cm³/mol. The minimum atomic E-state index is -7.22. The van der Waals surface area contributed by atoms with Crippen molar-refractivity contribution in [3.8, 4) is 0 Å². The fourth-order valence-electron chi connectivity index (χ4n) is 6.70. The van der Waals surface area contributed by atoms with Crippen LogP contribution in [0.15, 0.2) is 59.8 Å². The second kappa shape index (κ2) is 18.3. The van der Waals surface area contributed by atoms with Gasteiger partial charge in [0.1, 0.15) is 52.7 Å². The standard InChI is InChI=1S/C24BF20.C14H13N4O/c26-5-1(6(27)14(35)21(42)13(5)34)25(2-7(28)15(36)22(43)16(37)8(2)29,3-9(30)17(38)23(44)18(39)10(3)31)4-11(32)19(40)24(45)20(41)12(4)33;15-17-16-10-14(19)13-8-4-5-9-18(13)11-12-6-2-1-3-7-12/h;1-9H,10-11H2/q-1;+1. The van der Waals surface area contributed by atoms with E-state index in [0.717, 1.165) is 5.56 Å². The molecule has 5 aromatic carbocycles. The molecule has 0 saturated heterocycles. The molecule has 0 aliphatic carbocycles. The molecule has 0 spiro atoms. The third-order valence-electron chi connectivity index (χ3n) is 9.41. The smallest absolute Gasteiger partial charge is 0.249 e. The molecule has 0 aliphatic rings. The van der Waals surface area contributed by atoms with Crippen LogP contribution in [0.5, 0.6) is 0 Å². The van der Waals surface area contributed by atoms with Gasteiger partial charge in [-0.05, 0) is 11.6 Å². The lowest BCUT2D eigenvalue weighted by molar-refractivity contribution is -0.690. The Bertz CT molecular complexity index is 2550. The Hall–Kier alpha value is -7.11. The van der Waals surface area contributed by atoms with Gasteiger partial charge in [0.2, 0.25) is 11.5 Å². The van der Waals surface area contributed by atoms with Crippen molar-refractivity contribution in [1.29, 1.82) is 0 Å². The summed E-state index contributed by atoms with van der Waals surface area (Å²) < 4.78 is 296. The van der Waals surface area contributed by atoms with Crippen molar-refractivity contribution < 1.29 is 97.2 Å². The Balaban J connectivity index is 0.000000337. The summed E-state index contributed by atoms with van der Waals surface area (Å²) in [6, 6.07) is 15.3. The highest BCUT2D eigenvalue weighted by Gasteiger charge is 2.52. The zero-order valence-electron chi connectivity index (χ0n) is 30.4. The quantitative estimate of drug-likeness (QED) is 0.0166. The van der Waals surface area contributed by atoms with Crippen LogP contribution >= 0.6 is 0 Å². The van der Waals surface area contributed by atoms with E-state index in [2.05, 4.69) is 10.0 Å². The molecule has 64 heavy (non-hydrogen) atoms. The lowest BCUT2D eigenvalue weighted by Gasteiger charge is -2.44. The zero-order chi connectivity index (χ0) is 47.9. The van der Waals surface area contributed by atoms with E-state index in [-0.39, 0.29) is 12.3 Å². The predicted octanol–water partition coefficient (Wildman–Crippen LogP) is 8.36. The summed E-state index contributed by atoms with van der Waals surface area (Å²) in [4.78, 5) is 14.5. The van der Waals surface area contributed by atoms with Gasteiger partial charge in [-0.1, -0.05) is 35.4 Å². The van der Waals surface area contributed by atoms with Gasteiger partial charge < -0.3 is 0 Å². The van der Waals surface area contributed by atoms with Crippen molar-refractivity contribution in [1.82, 2.24) is 0 Å². The zero-order valence-corrected chi connectivity index (χ0v) is 30.4. The summed E-state index contributed by atoms with van der Waals surface area (Å²) >= 11 is 0. The molecule has 0 unspecified atom stereocenters. The summed E-state index contributed by atoms with van der Waals surface area (Å²) in [5.41, 5.74) is -4.42. The number of carbonyl (C=O) groups is 1. The van der Waals surface area contributed by atoms with Gasteiger partial charge in [0.05, 0.1) is 6.54 Å². The molecule has 1 heterocycles. The molecule has 6 aromatic rings. The summed E-state index contributed by atoms with van der Waals surface area (Å²) in [6.45, 7) is 0.453. The number of aromatic nitrogens is 1. The summed E-state index contributed by atoms with van der Waals surface area (Å²) in [7, 11) is 0. The molecule has 5 nitrogen and oxygen atoms in total. The van der Waals surface area contributed by atoms with Gasteiger partial charge in [-0.3, -0.25) is 4.79 Å². The Kier molecular flexibility index (Phi) is 13.7. The second-order valence-corrected chi connectivity index (χ2v) is 12.8. The van der Waals surface area contributed by atoms with E-state index in [1.165, 1.54) is 0 Å². The summed E-state index contributed by atoms with van der Waals surface area (Å²) in [6.07, 6.45) is -5.37. The molecule has 0 aliphatic heterocycles. The molecule has 0 atom stereocenters. The number of ketones is 1. The van der Waals surface area contributed by atoms with Crippen molar-refractivity contribution in [2.75, 3.05) is 6.54 Å². The molecule has 0 fully saturated rings. The fraction of sp³-hybridized carbons (Fsp3) is 0.0526. The number of benzene rings is 5. The molecule has 0 bridgehead atoms. The molecular formula is C38H13BF20N4O. The van der Waals surface area contributed by atoms with E-state index >= 15 is 35.1 Å². The van der Waals surface area contributed by atoms with Gasteiger partial charge >= 0.3 is 0 Å². The van der Waals surface area contributed by atoms with E-state index in [1.807, 2.05) is 47.2 Å². The Morgan fingerprint density at radius 3 is 1.02 bits per heavy atom. The normalized spacial score (nSPS) is 11.3. The number of halogens is 20. The maximum Gasteiger partial charge on any atom is 0.249 e. The topological polar surface area (TPSA) is 69.7 Å². The molecule has 0 radical (unpaired) electrons. The van der Waals surface area contributed by atoms with Gasteiger partial charge in [-0.25, -0.2) is 87.8 Å². The average molecular weight is 932 g/mol. The first-order chi connectivity index (χ1) is 30.0.